The van der Waals surface area contributed by atoms with Crippen molar-refractivity contribution in [1.29, 1.82) is 0 Å². The van der Waals surface area contributed by atoms with E-state index in [-0.39, 0.29) is 12.8 Å². The lowest BCUT2D eigenvalue weighted by Crippen LogP contribution is -1.97. The third-order valence-corrected chi connectivity index (χ3v) is 6.47. The number of carboxylic acids is 1. The van der Waals surface area contributed by atoms with E-state index in [1.165, 1.54) is 11.8 Å². The molecule has 5 aromatic rings. The predicted molar refractivity (Wildman–Crippen MR) is 139 cm³/mol. The lowest BCUT2D eigenvalue weighted by Gasteiger charge is -2.05. The average molecular weight is 513 g/mol. The van der Waals surface area contributed by atoms with E-state index in [1.807, 2.05) is 91.9 Å². The second-order valence-corrected chi connectivity index (χ2v) is 9.29. The molecule has 0 atom stereocenters. The second kappa shape index (κ2) is 11.2. The Labute approximate surface area is 218 Å². The molecule has 5 rings (SSSR count). The maximum Gasteiger partial charge on any atom is 0.303 e. The topological polar surface area (TPSA) is 98.6 Å². The molecule has 0 saturated carbocycles. The zero-order valence-electron chi connectivity index (χ0n) is 20.1. The number of oxazole rings is 2. The van der Waals surface area contributed by atoms with E-state index < -0.39 is 5.97 Å². The molecule has 2 heterocycles. The maximum absolute atomic E-state index is 11.1. The lowest BCUT2D eigenvalue weighted by atomic mass is 10.1. The van der Waals surface area contributed by atoms with E-state index in [4.69, 9.17) is 18.7 Å². The molecule has 8 heteroatoms. The first kappa shape index (κ1) is 24.4. The van der Waals surface area contributed by atoms with Gasteiger partial charge < -0.3 is 18.7 Å². The molecule has 0 saturated heterocycles. The van der Waals surface area contributed by atoms with Crippen LogP contribution in [0.25, 0.3) is 22.7 Å². The van der Waals surface area contributed by atoms with Gasteiger partial charge in [0.1, 0.15) is 35.3 Å². The first-order chi connectivity index (χ1) is 18.0. The summed E-state index contributed by atoms with van der Waals surface area (Å²) in [6.45, 7) is 2.17. The van der Waals surface area contributed by atoms with Gasteiger partial charge in [-0.1, -0.05) is 48.5 Å². The molecule has 2 aromatic heterocycles. The predicted octanol–water partition coefficient (Wildman–Crippen LogP) is 7.05. The minimum absolute atomic E-state index is 0.0248. The molecule has 0 aliphatic rings. The number of aromatic nitrogens is 2. The molecule has 0 amide bonds. The van der Waals surface area contributed by atoms with E-state index in [2.05, 4.69) is 9.97 Å². The van der Waals surface area contributed by atoms with E-state index in [0.717, 1.165) is 27.5 Å². The molecule has 3 aromatic carbocycles. The van der Waals surface area contributed by atoms with Crippen molar-refractivity contribution in [3.05, 3.63) is 102 Å². The largest absolute Gasteiger partial charge is 0.487 e. The van der Waals surface area contributed by atoms with Gasteiger partial charge in [-0.15, -0.1) is 0 Å². The number of carbonyl (C=O) groups is 1. The summed E-state index contributed by atoms with van der Waals surface area (Å²) in [5.41, 5.74) is 3.23. The first-order valence-corrected chi connectivity index (χ1v) is 12.6. The van der Waals surface area contributed by atoms with E-state index in [9.17, 15) is 4.79 Å². The fourth-order valence-electron chi connectivity index (χ4n) is 3.71. The molecule has 186 valence electrons. The van der Waals surface area contributed by atoms with Crippen molar-refractivity contribution in [2.24, 2.45) is 0 Å². The fourth-order valence-corrected chi connectivity index (χ4v) is 4.46. The molecule has 0 unspecified atom stereocenters. The van der Waals surface area contributed by atoms with Crippen LogP contribution in [0.1, 0.15) is 23.6 Å². The van der Waals surface area contributed by atoms with Crippen LogP contribution in [0.15, 0.2) is 104 Å². The Hall–Kier alpha value is -4.30. The molecule has 0 bridgehead atoms. The number of benzene rings is 3. The summed E-state index contributed by atoms with van der Waals surface area (Å²) >= 11 is 1.37. The Bertz CT molecular complexity index is 1480. The van der Waals surface area contributed by atoms with Crippen LogP contribution >= 0.6 is 11.8 Å². The standard InChI is InChI=1S/C29H24N2O5S/c1-19-24(30-28(35-19)21-10-6-3-7-11-21)18-34-22-12-14-23(15-13-22)37-29-31-27(20-8-4-2-5-9-20)25(36-29)16-17-26(32)33/h2-15H,16-18H2,1H3,(H,32,33). The summed E-state index contributed by atoms with van der Waals surface area (Å²) in [6, 6.07) is 27.0. The number of aryl methyl sites for hydroxylation is 2. The number of rotatable bonds is 10. The number of aliphatic carboxylic acids is 1. The normalized spacial score (nSPS) is 10.9. The Morgan fingerprint density at radius 1 is 0.892 bits per heavy atom. The summed E-state index contributed by atoms with van der Waals surface area (Å²) in [4.78, 5) is 21.2. The van der Waals surface area contributed by atoms with Crippen molar-refractivity contribution in [2.45, 2.75) is 36.5 Å². The summed E-state index contributed by atoms with van der Waals surface area (Å²) in [7, 11) is 0. The van der Waals surface area contributed by atoms with Crippen molar-refractivity contribution in [2.75, 3.05) is 0 Å². The Morgan fingerprint density at radius 3 is 2.24 bits per heavy atom. The van der Waals surface area contributed by atoms with Gasteiger partial charge in [-0.3, -0.25) is 4.79 Å². The van der Waals surface area contributed by atoms with Crippen LogP contribution in [0.4, 0.5) is 0 Å². The van der Waals surface area contributed by atoms with E-state index in [1.54, 1.807) is 0 Å². The van der Waals surface area contributed by atoms with Crippen LogP contribution in [0.5, 0.6) is 5.75 Å². The third kappa shape index (κ3) is 6.10. The molecule has 37 heavy (non-hydrogen) atoms. The zero-order valence-corrected chi connectivity index (χ0v) is 20.9. The number of hydrogen-bond acceptors (Lipinski definition) is 7. The van der Waals surface area contributed by atoms with Gasteiger partial charge in [-0.2, -0.15) is 0 Å². The average Bonchev–Trinajstić information content (AvgIpc) is 3.51. The van der Waals surface area contributed by atoms with E-state index in [0.29, 0.717) is 34.9 Å². The fraction of sp³-hybridized carbons (Fsp3) is 0.138. The quantitative estimate of drug-likeness (QED) is 0.212. The SMILES string of the molecule is Cc1oc(-c2ccccc2)nc1COc1ccc(Sc2nc(-c3ccccc3)c(CCC(=O)O)o2)cc1. The molecular formula is C29H24N2O5S. The van der Waals surface area contributed by atoms with Crippen molar-refractivity contribution in [3.63, 3.8) is 0 Å². The highest BCUT2D eigenvalue weighted by Gasteiger charge is 2.17. The van der Waals surface area contributed by atoms with Gasteiger partial charge in [-0.25, -0.2) is 9.97 Å². The maximum atomic E-state index is 11.1. The minimum Gasteiger partial charge on any atom is -0.487 e. The van der Waals surface area contributed by atoms with Gasteiger partial charge in [-0.05, 0) is 55.1 Å². The van der Waals surface area contributed by atoms with Gasteiger partial charge in [0.25, 0.3) is 5.22 Å². The van der Waals surface area contributed by atoms with Crippen LogP contribution in [0.2, 0.25) is 0 Å². The van der Waals surface area contributed by atoms with Gasteiger partial charge in [0.2, 0.25) is 5.89 Å². The van der Waals surface area contributed by atoms with Gasteiger partial charge in [0.05, 0.1) is 6.42 Å². The highest BCUT2D eigenvalue weighted by molar-refractivity contribution is 7.99. The van der Waals surface area contributed by atoms with Gasteiger partial charge in [0, 0.05) is 22.4 Å². The monoisotopic (exact) mass is 512 g/mol. The smallest absolute Gasteiger partial charge is 0.303 e. The lowest BCUT2D eigenvalue weighted by molar-refractivity contribution is -0.137. The Kier molecular flexibility index (Phi) is 7.37. The van der Waals surface area contributed by atoms with Crippen LogP contribution < -0.4 is 4.74 Å². The molecule has 0 fully saturated rings. The second-order valence-electron chi connectivity index (χ2n) is 8.26. The molecule has 1 N–H and O–H groups in total. The van der Waals surface area contributed by atoms with Crippen molar-refractivity contribution in [1.82, 2.24) is 9.97 Å². The molecule has 0 radical (unpaired) electrons. The van der Waals surface area contributed by atoms with Crippen molar-refractivity contribution < 1.29 is 23.5 Å². The highest BCUT2D eigenvalue weighted by Crippen LogP contribution is 2.34. The molecule has 0 aliphatic heterocycles. The Morgan fingerprint density at radius 2 is 1.57 bits per heavy atom. The summed E-state index contributed by atoms with van der Waals surface area (Å²) < 4.78 is 17.7. The molecule has 0 aliphatic carbocycles. The van der Waals surface area contributed by atoms with Crippen LogP contribution in [-0.4, -0.2) is 21.0 Å². The van der Waals surface area contributed by atoms with Crippen molar-refractivity contribution >= 4 is 17.7 Å². The number of ether oxygens (including phenoxy) is 1. The van der Waals surface area contributed by atoms with Crippen LogP contribution in [-0.2, 0) is 17.8 Å². The minimum atomic E-state index is -0.877. The Balaban J connectivity index is 1.25. The molecule has 7 nitrogen and oxygen atoms in total. The summed E-state index contributed by atoms with van der Waals surface area (Å²) in [5, 5.41) is 9.56. The summed E-state index contributed by atoms with van der Waals surface area (Å²) in [6.07, 6.45) is 0.246. The summed E-state index contributed by atoms with van der Waals surface area (Å²) in [5.74, 6) is 1.69. The molecular weight excluding hydrogens is 488 g/mol. The van der Waals surface area contributed by atoms with Crippen LogP contribution in [0.3, 0.4) is 0 Å². The zero-order chi connectivity index (χ0) is 25.6. The van der Waals surface area contributed by atoms with Crippen molar-refractivity contribution in [3.8, 4) is 28.5 Å². The number of hydrogen-bond donors (Lipinski definition) is 1. The highest BCUT2D eigenvalue weighted by atomic mass is 32.2. The van der Waals surface area contributed by atoms with Gasteiger partial charge in [0.15, 0.2) is 0 Å². The van der Waals surface area contributed by atoms with Crippen LogP contribution in [0, 0.1) is 6.92 Å². The number of carboxylic acid groups (broad SMARTS) is 1. The first-order valence-electron chi connectivity index (χ1n) is 11.7. The third-order valence-electron chi connectivity index (χ3n) is 5.61. The molecule has 0 spiro atoms. The number of nitrogens with zero attached hydrogens (tertiary/aromatic N) is 2. The van der Waals surface area contributed by atoms with E-state index >= 15 is 0 Å². The van der Waals surface area contributed by atoms with Gasteiger partial charge >= 0.3 is 5.97 Å².